The lowest BCUT2D eigenvalue weighted by Crippen LogP contribution is -2.01. The van der Waals surface area contributed by atoms with Crippen LogP contribution in [0.2, 0.25) is 0 Å². The van der Waals surface area contributed by atoms with E-state index in [1.807, 2.05) is 26.0 Å². The Morgan fingerprint density at radius 1 is 1.36 bits per heavy atom. The first-order valence-corrected chi connectivity index (χ1v) is 4.64. The molecule has 0 radical (unpaired) electrons. The Morgan fingerprint density at radius 2 is 2.00 bits per heavy atom. The van der Waals surface area contributed by atoms with Crippen molar-refractivity contribution in [1.29, 1.82) is 0 Å². The van der Waals surface area contributed by atoms with Crippen LogP contribution in [-0.4, -0.2) is 11.7 Å². The monoisotopic (exact) mass is 192 g/mol. The van der Waals surface area contributed by atoms with Gasteiger partial charge in [0.15, 0.2) is 0 Å². The molecule has 0 atom stereocenters. The van der Waals surface area contributed by atoms with Gasteiger partial charge < -0.3 is 9.84 Å². The van der Waals surface area contributed by atoms with Crippen LogP contribution in [0.15, 0.2) is 24.8 Å². The van der Waals surface area contributed by atoms with Crippen LogP contribution in [-0.2, 0) is 6.61 Å². The van der Waals surface area contributed by atoms with Crippen molar-refractivity contribution in [1.82, 2.24) is 0 Å². The first-order valence-electron chi connectivity index (χ1n) is 4.64. The largest absolute Gasteiger partial charge is 0.489 e. The zero-order valence-corrected chi connectivity index (χ0v) is 8.71. The van der Waals surface area contributed by atoms with Gasteiger partial charge >= 0.3 is 0 Å². The maximum atomic E-state index is 9.22. The first-order chi connectivity index (χ1) is 6.70. The third kappa shape index (κ3) is 2.15. The molecule has 1 aromatic rings. The van der Waals surface area contributed by atoms with Gasteiger partial charge in [-0.3, -0.25) is 0 Å². The van der Waals surface area contributed by atoms with Crippen LogP contribution in [0, 0.1) is 13.8 Å². The van der Waals surface area contributed by atoms with Crippen molar-refractivity contribution in [2.75, 3.05) is 6.61 Å². The van der Waals surface area contributed by atoms with Gasteiger partial charge in [0.25, 0.3) is 0 Å². The number of aliphatic hydroxyl groups is 1. The van der Waals surface area contributed by atoms with E-state index in [1.165, 1.54) is 0 Å². The smallest absolute Gasteiger partial charge is 0.128 e. The molecule has 0 amide bonds. The molecule has 0 spiro atoms. The van der Waals surface area contributed by atoms with Gasteiger partial charge in [0.1, 0.15) is 12.4 Å². The van der Waals surface area contributed by atoms with Crippen LogP contribution in [0.5, 0.6) is 5.75 Å². The highest BCUT2D eigenvalue weighted by Crippen LogP contribution is 2.26. The summed E-state index contributed by atoms with van der Waals surface area (Å²) in [5.41, 5.74) is 2.96. The summed E-state index contributed by atoms with van der Waals surface area (Å²) in [5.74, 6) is 0.785. The van der Waals surface area contributed by atoms with E-state index in [-0.39, 0.29) is 6.61 Å². The van der Waals surface area contributed by atoms with E-state index in [0.29, 0.717) is 6.61 Å². The molecule has 0 saturated heterocycles. The Labute approximate surface area is 84.8 Å². The second kappa shape index (κ2) is 4.82. The summed E-state index contributed by atoms with van der Waals surface area (Å²) >= 11 is 0. The van der Waals surface area contributed by atoms with Crippen molar-refractivity contribution in [2.45, 2.75) is 20.5 Å². The minimum absolute atomic E-state index is 0.0139. The second-order valence-corrected chi connectivity index (χ2v) is 3.26. The number of rotatable bonds is 4. The molecule has 76 valence electrons. The molecule has 0 aliphatic rings. The van der Waals surface area contributed by atoms with E-state index >= 15 is 0 Å². The standard InChI is InChI=1S/C12H16O2/c1-4-7-14-12-10(3)6-5-9(2)11(12)8-13/h4-6,13H,1,7-8H2,2-3H3. The van der Waals surface area contributed by atoms with Gasteiger partial charge in [-0.15, -0.1) is 0 Å². The third-order valence-corrected chi connectivity index (χ3v) is 2.20. The fourth-order valence-electron chi connectivity index (χ4n) is 1.38. The molecular weight excluding hydrogens is 176 g/mol. The number of aliphatic hydroxyl groups excluding tert-OH is 1. The van der Waals surface area contributed by atoms with Crippen molar-refractivity contribution >= 4 is 0 Å². The van der Waals surface area contributed by atoms with E-state index in [0.717, 1.165) is 22.4 Å². The topological polar surface area (TPSA) is 29.5 Å². The van der Waals surface area contributed by atoms with E-state index in [9.17, 15) is 5.11 Å². The Kier molecular flexibility index (Phi) is 3.72. The minimum atomic E-state index is 0.0139. The fourth-order valence-corrected chi connectivity index (χ4v) is 1.38. The summed E-state index contributed by atoms with van der Waals surface area (Å²) in [6, 6.07) is 3.98. The lowest BCUT2D eigenvalue weighted by molar-refractivity contribution is 0.268. The Hall–Kier alpha value is -1.28. The highest BCUT2D eigenvalue weighted by Gasteiger charge is 2.08. The predicted molar refractivity (Wildman–Crippen MR) is 57.5 cm³/mol. The molecular formula is C12H16O2. The minimum Gasteiger partial charge on any atom is -0.489 e. The number of hydrogen-bond acceptors (Lipinski definition) is 2. The summed E-state index contributed by atoms with van der Waals surface area (Å²) in [6.07, 6.45) is 1.70. The van der Waals surface area contributed by atoms with E-state index in [2.05, 4.69) is 6.58 Å². The van der Waals surface area contributed by atoms with Crippen LogP contribution in [0.1, 0.15) is 16.7 Å². The van der Waals surface area contributed by atoms with E-state index in [4.69, 9.17) is 4.74 Å². The molecule has 0 aliphatic heterocycles. The summed E-state index contributed by atoms with van der Waals surface area (Å²) in [4.78, 5) is 0. The molecule has 0 aromatic heterocycles. The highest BCUT2D eigenvalue weighted by atomic mass is 16.5. The molecule has 0 heterocycles. The van der Waals surface area contributed by atoms with Crippen LogP contribution >= 0.6 is 0 Å². The first kappa shape index (κ1) is 10.8. The van der Waals surface area contributed by atoms with Gasteiger partial charge in [0, 0.05) is 5.56 Å². The molecule has 0 bridgehead atoms. The van der Waals surface area contributed by atoms with Crippen molar-refractivity contribution in [3.05, 3.63) is 41.5 Å². The quantitative estimate of drug-likeness (QED) is 0.742. The molecule has 0 saturated carbocycles. The molecule has 1 aromatic carbocycles. The zero-order valence-electron chi connectivity index (χ0n) is 8.71. The highest BCUT2D eigenvalue weighted by molar-refractivity contribution is 5.45. The summed E-state index contributed by atoms with van der Waals surface area (Å²) < 4.78 is 5.51. The van der Waals surface area contributed by atoms with Gasteiger partial charge in [-0.2, -0.15) is 0 Å². The molecule has 1 N–H and O–H groups in total. The maximum Gasteiger partial charge on any atom is 0.128 e. The fraction of sp³-hybridized carbons (Fsp3) is 0.333. The molecule has 1 rings (SSSR count). The zero-order chi connectivity index (χ0) is 10.6. The summed E-state index contributed by atoms with van der Waals surface area (Å²) in [5, 5.41) is 9.22. The van der Waals surface area contributed by atoms with Gasteiger partial charge in [-0.1, -0.05) is 24.8 Å². The van der Waals surface area contributed by atoms with Gasteiger partial charge in [0.2, 0.25) is 0 Å². The number of benzene rings is 1. The van der Waals surface area contributed by atoms with Gasteiger partial charge in [0.05, 0.1) is 6.61 Å². The Balaban J connectivity index is 3.08. The van der Waals surface area contributed by atoms with Crippen LogP contribution in [0.3, 0.4) is 0 Å². The second-order valence-electron chi connectivity index (χ2n) is 3.26. The lowest BCUT2D eigenvalue weighted by atomic mass is 10.0. The van der Waals surface area contributed by atoms with Crippen LogP contribution < -0.4 is 4.74 Å². The average Bonchev–Trinajstić information content (AvgIpc) is 2.19. The summed E-state index contributed by atoms with van der Waals surface area (Å²) in [6.45, 7) is 8.01. The third-order valence-electron chi connectivity index (χ3n) is 2.20. The molecule has 0 aliphatic carbocycles. The van der Waals surface area contributed by atoms with Gasteiger partial charge in [-0.25, -0.2) is 0 Å². The van der Waals surface area contributed by atoms with E-state index < -0.39 is 0 Å². The molecule has 2 nitrogen and oxygen atoms in total. The van der Waals surface area contributed by atoms with Crippen molar-refractivity contribution in [2.24, 2.45) is 0 Å². The van der Waals surface area contributed by atoms with Crippen LogP contribution in [0.4, 0.5) is 0 Å². The van der Waals surface area contributed by atoms with Crippen molar-refractivity contribution in [3.63, 3.8) is 0 Å². The van der Waals surface area contributed by atoms with E-state index in [1.54, 1.807) is 6.08 Å². The molecule has 2 heteroatoms. The normalized spacial score (nSPS) is 9.93. The molecule has 0 unspecified atom stereocenters. The average molecular weight is 192 g/mol. The SMILES string of the molecule is C=CCOc1c(C)ccc(C)c1CO. The Bertz CT molecular complexity index is 329. The predicted octanol–water partition coefficient (Wildman–Crippen LogP) is 2.36. The van der Waals surface area contributed by atoms with Crippen molar-refractivity contribution < 1.29 is 9.84 Å². The molecule has 0 fully saturated rings. The molecule has 14 heavy (non-hydrogen) atoms. The number of ether oxygens (including phenoxy) is 1. The lowest BCUT2D eigenvalue weighted by Gasteiger charge is -2.13. The van der Waals surface area contributed by atoms with Crippen molar-refractivity contribution in [3.8, 4) is 5.75 Å². The number of hydrogen-bond donors (Lipinski definition) is 1. The van der Waals surface area contributed by atoms with Crippen LogP contribution in [0.25, 0.3) is 0 Å². The maximum absolute atomic E-state index is 9.22. The van der Waals surface area contributed by atoms with Gasteiger partial charge in [-0.05, 0) is 25.0 Å². The Morgan fingerprint density at radius 3 is 2.57 bits per heavy atom. The summed E-state index contributed by atoms with van der Waals surface area (Å²) in [7, 11) is 0. The number of aryl methyl sites for hydroxylation is 2.